The molecular weight excluding hydrogens is 228 g/mol. The second kappa shape index (κ2) is 7.92. The van der Waals surface area contributed by atoms with Crippen molar-refractivity contribution < 1.29 is 0 Å². The average molecular weight is 260 g/mol. The SMILES string of the molecule is CCCCCCCCCC(C)=CC1CC2C=CC1C2. The third-order valence-corrected chi connectivity index (χ3v) is 5.00. The molecule has 3 atom stereocenters. The van der Waals surface area contributed by atoms with Crippen molar-refractivity contribution in [2.24, 2.45) is 17.8 Å². The van der Waals surface area contributed by atoms with Gasteiger partial charge in [0.15, 0.2) is 0 Å². The zero-order valence-electron chi connectivity index (χ0n) is 13.0. The molecule has 2 aliphatic rings. The molecule has 0 nitrogen and oxygen atoms in total. The van der Waals surface area contributed by atoms with E-state index >= 15 is 0 Å². The zero-order valence-corrected chi connectivity index (χ0v) is 13.0. The van der Waals surface area contributed by atoms with Gasteiger partial charge in [0.05, 0.1) is 0 Å². The molecule has 108 valence electrons. The molecule has 0 heteroatoms. The molecule has 0 aromatic rings. The van der Waals surface area contributed by atoms with Gasteiger partial charge < -0.3 is 0 Å². The van der Waals surface area contributed by atoms with Crippen molar-refractivity contribution in [2.45, 2.75) is 78.1 Å². The first-order valence-corrected chi connectivity index (χ1v) is 8.65. The third-order valence-electron chi connectivity index (χ3n) is 5.00. The zero-order chi connectivity index (χ0) is 13.5. The van der Waals surface area contributed by atoms with Gasteiger partial charge in [0.25, 0.3) is 0 Å². The first-order valence-electron chi connectivity index (χ1n) is 8.65. The van der Waals surface area contributed by atoms with Gasteiger partial charge in [0, 0.05) is 0 Å². The Labute approximate surface area is 120 Å². The van der Waals surface area contributed by atoms with E-state index < -0.39 is 0 Å². The summed E-state index contributed by atoms with van der Waals surface area (Å²) in [5.74, 6) is 2.67. The molecular formula is C19H32. The van der Waals surface area contributed by atoms with Crippen LogP contribution in [0.15, 0.2) is 23.8 Å². The maximum Gasteiger partial charge on any atom is -0.0162 e. The first-order chi connectivity index (χ1) is 9.29. The van der Waals surface area contributed by atoms with Gasteiger partial charge in [-0.25, -0.2) is 0 Å². The Kier molecular flexibility index (Phi) is 6.20. The van der Waals surface area contributed by atoms with E-state index in [4.69, 9.17) is 0 Å². The lowest BCUT2D eigenvalue weighted by Crippen LogP contribution is -2.04. The summed E-state index contributed by atoms with van der Waals surface area (Å²) in [4.78, 5) is 0. The molecule has 0 N–H and O–H groups in total. The van der Waals surface area contributed by atoms with Gasteiger partial charge in [-0.2, -0.15) is 0 Å². The Morgan fingerprint density at radius 3 is 2.37 bits per heavy atom. The van der Waals surface area contributed by atoms with E-state index in [0.717, 1.165) is 17.8 Å². The van der Waals surface area contributed by atoms with Gasteiger partial charge in [0.2, 0.25) is 0 Å². The van der Waals surface area contributed by atoms with Crippen molar-refractivity contribution in [3.8, 4) is 0 Å². The van der Waals surface area contributed by atoms with Crippen LogP contribution >= 0.6 is 0 Å². The van der Waals surface area contributed by atoms with Crippen molar-refractivity contribution in [1.29, 1.82) is 0 Å². The summed E-state index contributed by atoms with van der Waals surface area (Å²) in [5, 5.41) is 0. The van der Waals surface area contributed by atoms with Crippen LogP contribution in [-0.2, 0) is 0 Å². The molecule has 0 aromatic carbocycles. The Morgan fingerprint density at radius 2 is 1.74 bits per heavy atom. The third kappa shape index (κ3) is 4.82. The number of fused-ring (bicyclic) bond motifs is 2. The highest BCUT2D eigenvalue weighted by molar-refractivity contribution is 5.16. The van der Waals surface area contributed by atoms with Crippen LogP contribution < -0.4 is 0 Å². The maximum atomic E-state index is 2.60. The molecule has 2 bridgehead atoms. The minimum atomic E-state index is 0.875. The molecule has 19 heavy (non-hydrogen) atoms. The summed E-state index contributed by atoms with van der Waals surface area (Å²) >= 11 is 0. The Morgan fingerprint density at radius 1 is 1.00 bits per heavy atom. The molecule has 0 heterocycles. The van der Waals surface area contributed by atoms with Crippen LogP contribution in [-0.4, -0.2) is 0 Å². The van der Waals surface area contributed by atoms with Gasteiger partial charge in [-0.3, -0.25) is 0 Å². The minimum Gasteiger partial charge on any atom is -0.0851 e. The van der Waals surface area contributed by atoms with E-state index in [1.54, 1.807) is 5.57 Å². The average Bonchev–Trinajstić information content (AvgIpc) is 3.00. The van der Waals surface area contributed by atoms with Crippen molar-refractivity contribution in [3.05, 3.63) is 23.8 Å². The normalized spacial score (nSPS) is 29.4. The van der Waals surface area contributed by atoms with Gasteiger partial charge in [-0.15, -0.1) is 0 Å². The van der Waals surface area contributed by atoms with Crippen LogP contribution in [0.25, 0.3) is 0 Å². The van der Waals surface area contributed by atoms with Crippen molar-refractivity contribution in [1.82, 2.24) is 0 Å². The lowest BCUT2D eigenvalue weighted by molar-refractivity contribution is 0.541. The lowest BCUT2D eigenvalue weighted by atomic mass is 9.91. The molecule has 1 saturated carbocycles. The van der Waals surface area contributed by atoms with Crippen molar-refractivity contribution >= 4 is 0 Å². The van der Waals surface area contributed by atoms with E-state index in [2.05, 4.69) is 32.1 Å². The minimum absolute atomic E-state index is 0.875. The molecule has 1 fully saturated rings. The first kappa shape index (κ1) is 14.9. The van der Waals surface area contributed by atoms with Crippen LogP contribution in [0.5, 0.6) is 0 Å². The Bertz CT molecular complexity index is 310. The number of hydrogen-bond donors (Lipinski definition) is 0. The fraction of sp³-hybridized carbons (Fsp3) is 0.789. The summed E-state index contributed by atoms with van der Waals surface area (Å²) in [6.45, 7) is 4.64. The highest BCUT2D eigenvalue weighted by Crippen LogP contribution is 2.44. The second-order valence-electron chi connectivity index (χ2n) is 6.83. The van der Waals surface area contributed by atoms with E-state index in [9.17, 15) is 0 Å². The summed E-state index contributed by atoms with van der Waals surface area (Å²) in [5.41, 5.74) is 1.65. The molecule has 0 aliphatic heterocycles. The topological polar surface area (TPSA) is 0 Å². The second-order valence-corrected chi connectivity index (χ2v) is 6.83. The van der Waals surface area contributed by atoms with Crippen LogP contribution in [0.4, 0.5) is 0 Å². The number of hydrogen-bond acceptors (Lipinski definition) is 0. The van der Waals surface area contributed by atoms with Crippen molar-refractivity contribution in [2.75, 3.05) is 0 Å². The van der Waals surface area contributed by atoms with Gasteiger partial charge >= 0.3 is 0 Å². The largest absolute Gasteiger partial charge is 0.0851 e. The van der Waals surface area contributed by atoms with Gasteiger partial charge in [-0.1, -0.05) is 69.2 Å². The summed E-state index contributed by atoms with van der Waals surface area (Å²) in [6, 6.07) is 0. The van der Waals surface area contributed by atoms with Crippen LogP contribution in [0.2, 0.25) is 0 Å². The smallest absolute Gasteiger partial charge is 0.0162 e. The molecule has 2 aliphatic carbocycles. The maximum absolute atomic E-state index is 2.60. The molecule has 0 spiro atoms. The molecule has 0 amide bonds. The van der Waals surface area contributed by atoms with Crippen LogP contribution in [0.3, 0.4) is 0 Å². The van der Waals surface area contributed by atoms with E-state index in [-0.39, 0.29) is 0 Å². The predicted octanol–water partition coefficient (Wildman–Crippen LogP) is 6.29. The summed E-state index contributed by atoms with van der Waals surface area (Å²) in [7, 11) is 0. The molecule has 0 aromatic heterocycles. The van der Waals surface area contributed by atoms with E-state index in [0.29, 0.717) is 0 Å². The monoisotopic (exact) mass is 260 g/mol. The van der Waals surface area contributed by atoms with Crippen LogP contribution in [0.1, 0.15) is 78.1 Å². The molecule has 3 unspecified atom stereocenters. The molecule has 0 radical (unpaired) electrons. The van der Waals surface area contributed by atoms with E-state index in [1.807, 2.05) is 0 Å². The fourth-order valence-corrected chi connectivity index (χ4v) is 3.82. The highest BCUT2D eigenvalue weighted by atomic mass is 14.4. The standard InChI is InChI=1S/C19H32/c1-3-4-5-6-7-8-9-10-16(2)13-19-15-17-11-12-18(19)14-17/h11-13,17-19H,3-10,14-15H2,1-2H3. The quantitative estimate of drug-likeness (QED) is 0.338. The Hall–Kier alpha value is -0.520. The molecule has 0 saturated heterocycles. The van der Waals surface area contributed by atoms with E-state index in [1.165, 1.54) is 64.2 Å². The van der Waals surface area contributed by atoms with Gasteiger partial charge in [-0.05, 0) is 50.4 Å². The molecule has 2 rings (SSSR count). The number of allylic oxidation sites excluding steroid dienone is 4. The summed E-state index contributed by atoms with van der Waals surface area (Å²) < 4.78 is 0. The fourth-order valence-electron chi connectivity index (χ4n) is 3.82. The Balaban J connectivity index is 1.54. The predicted molar refractivity (Wildman–Crippen MR) is 85.2 cm³/mol. The highest BCUT2D eigenvalue weighted by Gasteiger charge is 2.33. The number of rotatable bonds is 9. The van der Waals surface area contributed by atoms with Crippen LogP contribution in [0, 0.1) is 17.8 Å². The number of unbranched alkanes of at least 4 members (excludes halogenated alkanes) is 6. The summed E-state index contributed by atoms with van der Waals surface area (Å²) in [6.07, 6.45) is 21.7. The van der Waals surface area contributed by atoms with Gasteiger partial charge in [0.1, 0.15) is 0 Å². The van der Waals surface area contributed by atoms with Crippen molar-refractivity contribution in [3.63, 3.8) is 0 Å². The lowest BCUT2D eigenvalue weighted by Gasteiger charge is -2.15.